The Hall–Kier alpha value is -1.59. The van der Waals surface area contributed by atoms with Gasteiger partial charge in [-0.1, -0.05) is 18.0 Å². The van der Waals surface area contributed by atoms with Crippen molar-refractivity contribution in [1.29, 1.82) is 0 Å². The molecule has 0 bridgehead atoms. The van der Waals surface area contributed by atoms with Gasteiger partial charge in [-0.05, 0) is 32.0 Å². The number of hydrogen-bond donors (Lipinski definition) is 0. The molecule has 1 aromatic carbocycles. The van der Waals surface area contributed by atoms with Gasteiger partial charge in [0, 0.05) is 18.0 Å². The third kappa shape index (κ3) is 3.42. The van der Waals surface area contributed by atoms with Crippen molar-refractivity contribution >= 4 is 22.5 Å². The Morgan fingerprint density at radius 3 is 2.73 bits per heavy atom. The second-order valence-corrected chi connectivity index (χ2v) is 5.79. The number of piperidine rings is 1. The van der Waals surface area contributed by atoms with Crippen LogP contribution in [0.15, 0.2) is 18.5 Å². The standard InChI is InChI=1S/C16H20ClN3O2/c1-21-14-9-12-13(18-11-19-16(12)17)10-15(14)22-8-7-20-5-3-2-4-6-20/h9-11H,2-8H2,1H3. The number of halogens is 1. The predicted octanol–water partition coefficient (Wildman–Crippen LogP) is 3.16. The third-order valence-electron chi connectivity index (χ3n) is 3.99. The molecule has 0 aliphatic carbocycles. The summed E-state index contributed by atoms with van der Waals surface area (Å²) in [6, 6.07) is 3.69. The van der Waals surface area contributed by atoms with Crippen LogP contribution in [0.4, 0.5) is 0 Å². The molecule has 3 rings (SSSR count). The number of likely N-dealkylation sites (tertiary alicyclic amines) is 1. The zero-order chi connectivity index (χ0) is 15.4. The van der Waals surface area contributed by atoms with E-state index in [4.69, 9.17) is 21.1 Å². The number of hydrogen-bond acceptors (Lipinski definition) is 5. The average Bonchev–Trinajstić information content (AvgIpc) is 2.55. The van der Waals surface area contributed by atoms with E-state index in [2.05, 4.69) is 14.9 Å². The van der Waals surface area contributed by atoms with E-state index in [0.29, 0.717) is 23.3 Å². The highest BCUT2D eigenvalue weighted by Crippen LogP contribution is 2.33. The molecule has 0 N–H and O–H groups in total. The SMILES string of the molecule is COc1cc2c(Cl)ncnc2cc1OCCN1CCCCC1. The number of nitrogens with zero attached hydrogens (tertiary/aromatic N) is 3. The number of ether oxygens (including phenoxy) is 2. The monoisotopic (exact) mass is 321 g/mol. The zero-order valence-corrected chi connectivity index (χ0v) is 13.5. The van der Waals surface area contributed by atoms with Crippen molar-refractivity contribution in [1.82, 2.24) is 14.9 Å². The van der Waals surface area contributed by atoms with Gasteiger partial charge in [-0.15, -0.1) is 0 Å². The first-order valence-corrected chi connectivity index (χ1v) is 7.99. The number of fused-ring (bicyclic) bond motifs is 1. The molecule has 6 heteroatoms. The summed E-state index contributed by atoms with van der Waals surface area (Å²) in [6.45, 7) is 3.91. The van der Waals surface area contributed by atoms with E-state index >= 15 is 0 Å². The summed E-state index contributed by atoms with van der Waals surface area (Å²) in [5.41, 5.74) is 0.758. The van der Waals surface area contributed by atoms with Gasteiger partial charge in [-0.3, -0.25) is 4.90 Å². The lowest BCUT2D eigenvalue weighted by molar-refractivity contribution is 0.181. The molecule has 5 nitrogen and oxygen atoms in total. The normalized spacial score (nSPS) is 15.9. The summed E-state index contributed by atoms with van der Waals surface area (Å²) in [5, 5.41) is 1.19. The van der Waals surface area contributed by atoms with Gasteiger partial charge in [0.15, 0.2) is 11.5 Å². The van der Waals surface area contributed by atoms with Crippen LogP contribution in [0.5, 0.6) is 11.5 Å². The van der Waals surface area contributed by atoms with Gasteiger partial charge in [0.2, 0.25) is 0 Å². The van der Waals surface area contributed by atoms with E-state index < -0.39 is 0 Å². The second kappa shape index (κ2) is 7.11. The molecule has 118 valence electrons. The third-order valence-corrected chi connectivity index (χ3v) is 4.29. The van der Waals surface area contributed by atoms with Crippen molar-refractivity contribution < 1.29 is 9.47 Å². The molecule has 0 unspecified atom stereocenters. The van der Waals surface area contributed by atoms with Gasteiger partial charge in [0.1, 0.15) is 18.1 Å². The van der Waals surface area contributed by atoms with Crippen molar-refractivity contribution in [3.8, 4) is 11.5 Å². The first kappa shape index (κ1) is 15.3. The lowest BCUT2D eigenvalue weighted by Crippen LogP contribution is -2.33. The molecule has 1 fully saturated rings. The summed E-state index contributed by atoms with van der Waals surface area (Å²) >= 11 is 6.09. The molecule has 1 aromatic heterocycles. The van der Waals surface area contributed by atoms with E-state index in [0.717, 1.165) is 17.4 Å². The molecule has 0 amide bonds. The van der Waals surface area contributed by atoms with Gasteiger partial charge in [-0.2, -0.15) is 0 Å². The summed E-state index contributed by atoms with van der Waals surface area (Å²) in [5.74, 6) is 1.35. The first-order chi connectivity index (χ1) is 10.8. The lowest BCUT2D eigenvalue weighted by Gasteiger charge is -2.26. The first-order valence-electron chi connectivity index (χ1n) is 7.61. The molecule has 2 heterocycles. The van der Waals surface area contributed by atoms with Crippen molar-refractivity contribution in [2.45, 2.75) is 19.3 Å². The van der Waals surface area contributed by atoms with Gasteiger partial charge < -0.3 is 9.47 Å². The molecule has 1 aliphatic heterocycles. The Bertz CT molecular complexity index is 645. The molecule has 0 atom stereocenters. The Morgan fingerprint density at radius 2 is 1.95 bits per heavy atom. The number of methoxy groups -OCH3 is 1. The van der Waals surface area contributed by atoms with Crippen LogP contribution < -0.4 is 9.47 Å². The Kier molecular flexibility index (Phi) is 4.95. The minimum atomic E-state index is 0.420. The van der Waals surface area contributed by atoms with Crippen LogP contribution in [0.1, 0.15) is 19.3 Å². The van der Waals surface area contributed by atoms with Crippen LogP contribution in [0.3, 0.4) is 0 Å². The predicted molar refractivity (Wildman–Crippen MR) is 86.9 cm³/mol. The van der Waals surface area contributed by atoms with Crippen LogP contribution in [0, 0.1) is 0 Å². The van der Waals surface area contributed by atoms with Gasteiger partial charge >= 0.3 is 0 Å². The molecular weight excluding hydrogens is 302 g/mol. The van der Waals surface area contributed by atoms with Crippen molar-refractivity contribution in [2.24, 2.45) is 0 Å². The van der Waals surface area contributed by atoms with Crippen LogP contribution in [0.25, 0.3) is 10.9 Å². The molecule has 22 heavy (non-hydrogen) atoms. The Morgan fingerprint density at radius 1 is 1.14 bits per heavy atom. The van der Waals surface area contributed by atoms with Crippen LogP contribution in [-0.4, -0.2) is 48.2 Å². The highest BCUT2D eigenvalue weighted by atomic mass is 35.5. The van der Waals surface area contributed by atoms with Crippen molar-refractivity contribution in [3.05, 3.63) is 23.6 Å². The second-order valence-electron chi connectivity index (χ2n) is 5.44. The largest absolute Gasteiger partial charge is 0.493 e. The summed E-state index contributed by atoms with van der Waals surface area (Å²) in [6.07, 6.45) is 5.37. The van der Waals surface area contributed by atoms with Crippen LogP contribution >= 0.6 is 11.6 Å². The number of aromatic nitrogens is 2. The maximum atomic E-state index is 6.09. The summed E-state index contributed by atoms with van der Waals surface area (Å²) in [4.78, 5) is 10.7. The molecule has 0 saturated carbocycles. The minimum absolute atomic E-state index is 0.420. The summed E-state index contributed by atoms with van der Waals surface area (Å²) < 4.78 is 11.3. The number of rotatable bonds is 5. The zero-order valence-electron chi connectivity index (χ0n) is 12.7. The number of benzene rings is 1. The molecule has 1 aliphatic rings. The van der Waals surface area contributed by atoms with Crippen LogP contribution in [-0.2, 0) is 0 Å². The topological polar surface area (TPSA) is 47.5 Å². The van der Waals surface area contributed by atoms with E-state index in [9.17, 15) is 0 Å². The fourth-order valence-corrected chi connectivity index (χ4v) is 2.97. The maximum absolute atomic E-state index is 6.09. The van der Waals surface area contributed by atoms with Gasteiger partial charge in [0.25, 0.3) is 0 Å². The van der Waals surface area contributed by atoms with Crippen LogP contribution in [0.2, 0.25) is 5.15 Å². The quantitative estimate of drug-likeness (QED) is 0.792. The van der Waals surface area contributed by atoms with Gasteiger partial charge in [-0.25, -0.2) is 9.97 Å². The van der Waals surface area contributed by atoms with E-state index in [-0.39, 0.29) is 0 Å². The lowest BCUT2D eigenvalue weighted by atomic mass is 10.1. The molecule has 2 aromatic rings. The van der Waals surface area contributed by atoms with E-state index in [1.807, 2.05) is 12.1 Å². The molecule has 1 saturated heterocycles. The fraction of sp³-hybridized carbons (Fsp3) is 0.500. The highest BCUT2D eigenvalue weighted by molar-refractivity contribution is 6.34. The van der Waals surface area contributed by atoms with E-state index in [1.165, 1.54) is 38.7 Å². The Balaban J connectivity index is 1.72. The minimum Gasteiger partial charge on any atom is -0.493 e. The fourth-order valence-electron chi connectivity index (χ4n) is 2.77. The molecule has 0 radical (unpaired) electrons. The Labute approximate surface area is 135 Å². The van der Waals surface area contributed by atoms with Crippen molar-refractivity contribution in [3.63, 3.8) is 0 Å². The molecule has 0 spiro atoms. The van der Waals surface area contributed by atoms with Gasteiger partial charge in [0.05, 0.1) is 12.6 Å². The van der Waals surface area contributed by atoms with Crippen molar-refractivity contribution in [2.75, 3.05) is 33.4 Å². The maximum Gasteiger partial charge on any atom is 0.163 e. The molecular formula is C16H20ClN3O2. The summed E-state index contributed by atoms with van der Waals surface area (Å²) in [7, 11) is 1.62. The smallest absolute Gasteiger partial charge is 0.163 e. The average molecular weight is 322 g/mol. The van der Waals surface area contributed by atoms with E-state index in [1.54, 1.807) is 7.11 Å². The highest BCUT2D eigenvalue weighted by Gasteiger charge is 2.13.